The number of piperidine rings is 1. The van der Waals surface area contributed by atoms with E-state index in [1.807, 2.05) is 20.8 Å². The molecule has 22 heavy (non-hydrogen) atoms. The van der Waals surface area contributed by atoms with Gasteiger partial charge in [0, 0.05) is 53.8 Å². The van der Waals surface area contributed by atoms with Crippen LogP contribution in [0.15, 0.2) is 0 Å². The summed E-state index contributed by atoms with van der Waals surface area (Å²) in [5.74, 6) is 0.287. The maximum Gasteiger partial charge on any atom is 0.417 e. The molecule has 0 aliphatic carbocycles. The van der Waals surface area contributed by atoms with E-state index in [4.69, 9.17) is 0 Å². The first-order valence-corrected chi connectivity index (χ1v) is 8.39. The van der Waals surface area contributed by atoms with Gasteiger partial charge in [-0.3, -0.25) is 4.21 Å². The van der Waals surface area contributed by atoms with E-state index in [2.05, 4.69) is 5.32 Å². The lowest BCUT2D eigenvalue weighted by Gasteiger charge is -2.39. The molecule has 0 saturated carbocycles. The molecule has 0 aromatic heterocycles. The largest absolute Gasteiger partial charge is 0.417 e. The number of alkyl halides is 3. The fraction of sp³-hybridized carbons (Fsp3) is 0.923. The molecule has 9 heteroatoms. The van der Waals surface area contributed by atoms with Crippen molar-refractivity contribution in [3.63, 3.8) is 0 Å². The second kappa shape index (κ2) is 6.74. The number of amides is 2. The first-order chi connectivity index (χ1) is 9.87. The van der Waals surface area contributed by atoms with Crippen LogP contribution in [0.3, 0.4) is 0 Å². The van der Waals surface area contributed by atoms with Gasteiger partial charge in [0.05, 0.1) is 0 Å². The number of carbonyl (C=O) groups excluding carboxylic acids is 1. The molecule has 0 spiro atoms. The Morgan fingerprint density at radius 1 is 1.27 bits per heavy atom. The molecule has 130 valence electrons. The van der Waals surface area contributed by atoms with Crippen LogP contribution in [-0.2, 0) is 10.8 Å². The van der Waals surface area contributed by atoms with Gasteiger partial charge >= 0.3 is 12.2 Å². The van der Waals surface area contributed by atoms with Crippen molar-refractivity contribution in [1.29, 1.82) is 0 Å². The van der Waals surface area contributed by atoms with Gasteiger partial charge in [-0.2, -0.15) is 13.2 Å². The summed E-state index contributed by atoms with van der Waals surface area (Å²) in [6.07, 6.45) is -5.74. The fourth-order valence-electron chi connectivity index (χ4n) is 2.03. The van der Waals surface area contributed by atoms with Crippen LogP contribution in [0.4, 0.5) is 18.0 Å². The molecule has 1 aliphatic heterocycles. The van der Waals surface area contributed by atoms with E-state index in [0.29, 0.717) is 0 Å². The van der Waals surface area contributed by atoms with Crippen LogP contribution in [0.5, 0.6) is 0 Å². The summed E-state index contributed by atoms with van der Waals surface area (Å²) in [6.45, 7) is 5.35. The van der Waals surface area contributed by atoms with Gasteiger partial charge in [-0.1, -0.05) is 0 Å². The average Bonchev–Trinajstić information content (AvgIpc) is 2.36. The highest BCUT2D eigenvalue weighted by Gasteiger charge is 2.54. The summed E-state index contributed by atoms with van der Waals surface area (Å²) in [6, 6.07) is -0.491. The third kappa shape index (κ3) is 4.84. The molecule has 2 amide bonds. The molecule has 1 fully saturated rings. The summed E-state index contributed by atoms with van der Waals surface area (Å²) >= 11 is 0. The number of nitrogens with one attached hydrogen (secondary N) is 1. The molecule has 0 aromatic carbocycles. The minimum Gasteiger partial charge on any atom is -0.380 e. The Bertz CT molecular complexity index is 427. The van der Waals surface area contributed by atoms with Gasteiger partial charge in [0.25, 0.3) is 0 Å². The number of hydrogen-bond acceptors (Lipinski definition) is 3. The molecule has 1 atom stereocenters. The molecule has 1 aliphatic rings. The minimum absolute atomic E-state index is 0.162. The molecule has 1 rings (SSSR count). The highest BCUT2D eigenvalue weighted by atomic mass is 32.2. The Morgan fingerprint density at radius 2 is 1.77 bits per heavy atom. The third-order valence-corrected chi connectivity index (χ3v) is 5.59. The number of halogens is 3. The molecule has 1 unspecified atom stereocenters. The van der Waals surface area contributed by atoms with Crippen molar-refractivity contribution in [3.8, 4) is 0 Å². The maximum atomic E-state index is 12.7. The SMILES string of the molecule is CC(C)(C)S(=O)CCNC(=O)N1CCC(O)(C(F)(F)F)CC1. The molecule has 5 nitrogen and oxygen atoms in total. The van der Waals surface area contributed by atoms with Crippen molar-refractivity contribution in [3.05, 3.63) is 0 Å². The highest BCUT2D eigenvalue weighted by molar-refractivity contribution is 7.86. The Balaban J connectivity index is 2.39. The topological polar surface area (TPSA) is 69.6 Å². The fourth-order valence-corrected chi connectivity index (χ4v) is 2.93. The molecular weight excluding hydrogens is 321 g/mol. The molecule has 2 N–H and O–H groups in total. The number of rotatable bonds is 3. The summed E-state index contributed by atoms with van der Waals surface area (Å²) in [5, 5.41) is 12.1. The lowest BCUT2D eigenvalue weighted by Crippen LogP contribution is -2.56. The predicted molar refractivity (Wildman–Crippen MR) is 78.0 cm³/mol. The minimum atomic E-state index is -4.68. The number of nitrogens with zero attached hydrogens (tertiary/aromatic N) is 1. The second-order valence-electron chi connectivity index (χ2n) is 6.41. The van der Waals surface area contributed by atoms with Gasteiger partial charge in [0.1, 0.15) is 0 Å². The van der Waals surface area contributed by atoms with Crippen LogP contribution in [-0.4, -0.2) is 62.2 Å². The van der Waals surface area contributed by atoms with Crippen LogP contribution in [0.2, 0.25) is 0 Å². The van der Waals surface area contributed by atoms with Gasteiger partial charge in [-0.05, 0) is 20.8 Å². The number of urea groups is 1. The van der Waals surface area contributed by atoms with Crippen molar-refractivity contribution in [2.24, 2.45) is 0 Å². The van der Waals surface area contributed by atoms with Crippen molar-refractivity contribution in [1.82, 2.24) is 10.2 Å². The van der Waals surface area contributed by atoms with E-state index in [0.717, 1.165) is 0 Å². The monoisotopic (exact) mass is 344 g/mol. The number of likely N-dealkylation sites (tertiary alicyclic amines) is 1. The van der Waals surface area contributed by atoms with Crippen molar-refractivity contribution in [2.75, 3.05) is 25.4 Å². The lowest BCUT2D eigenvalue weighted by molar-refractivity contribution is -0.271. The summed E-state index contributed by atoms with van der Waals surface area (Å²) in [7, 11) is -1.10. The average molecular weight is 344 g/mol. The molecule has 1 saturated heterocycles. The quantitative estimate of drug-likeness (QED) is 0.818. The van der Waals surface area contributed by atoms with Crippen LogP contribution in [0.1, 0.15) is 33.6 Å². The number of carbonyl (C=O) groups is 1. The lowest BCUT2D eigenvalue weighted by atomic mass is 9.91. The standard InChI is InChI=1S/C13H23F3N2O3S/c1-11(2,3)22(21)9-6-17-10(19)18-7-4-12(20,5-8-18)13(14,15)16/h20H,4-9H2,1-3H3,(H,17,19). The van der Waals surface area contributed by atoms with E-state index in [-0.39, 0.29) is 30.1 Å². The molecule has 0 bridgehead atoms. The molecular formula is C13H23F3N2O3S. The molecule has 0 aromatic rings. The van der Waals surface area contributed by atoms with E-state index in [1.54, 1.807) is 0 Å². The van der Waals surface area contributed by atoms with E-state index < -0.39 is 41.4 Å². The third-order valence-electron chi connectivity index (χ3n) is 3.65. The Labute approximate surface area is 130 Å². The number of hydrogen-bond donors (Lipinski definition) is 2. The zero-order valence-electron chi connectivity index (χ0n) is 13.0. The van der Waals surface area contributed by atoms with Crippen LogP contribution < -0.4 is 5.32 Å². The normalized spacial score (nSPS) is 20.6. The van der Waals surface area contributed by atoms with Gasteiger partial charge < -0.3 is 15.3 Å². The van der Waals surface area contributed by atoms with Gasteiger partial charge in [0.15, 0.2) is 5.60 Å². The van der Waals surface area contributed by atoms with Crippen LogP contribution in [0.25, 0.3) is 0 Å². The van der Waals surface area contributed by atoms with E-state index in [1.165, 1.54) is 4.90 Å². The zero-order chi connectivity index (χ0) is 17.2. The van der Waals surface area contributed by atoms with Crippen molar-refractivity contribution < 1.29 is 27.3 Å². The Hall–Kier alpha value is -0.830. The zero-order valence-corrected chi connectivity index (χ0v) is 13.8. The van der Waals surface area contributed by atoms with Crippen LogP contribution >= 0.6 is 0 Å². The highest BCUT2D eigenvalue weighted by Crippen LogP contribution is 2.38. The first kappa shape index (κ1) is 19.2. The van der Waals surface area contributed by atoms with Crippen molar-refractivity contribution in [2.45, 2.75) is 50.1 Å². The predicted octanol–water partition coefficient (Wildman–Crippen LogP) is 1.63. The van der Waals surface area contributed by atoms with Gasteiger partial charge in [0.2, 0.25) is 0 Å². The maximum absolute atomic E-state index is 12.7. The summed E-state index contributed by atoms with van der Waals surface area (Å²) in [4.78, 5) is 13.1. The first-order valence-electron chi connectivity index (χ1n) is 7.07. The smallest absolute Gasteiger partial charge is 0.380 e. The van der Waals surface area contributed by atoms with Crippen molar-refractivity contribution >= 4 is 16.8 Å². The molecule has 1 heterocycles. The summed E-state index contributed by atoms with van der Waals surface area (Å²) in [5.41, 5.74) is -2.71. The Morgan fingerprint density at radius 3 is 2.18 bits per heavy atom. The molecule has 0 radical (unpaired) electrons. The van der Waals surface area contributed by atoms with Crippen LogP contribution in [0, 0.1) is 0 Å². The summed E-state index contributed by atoms with van der Waals surface area (Å²) < 4.78 is 49.4. The van der Waals surface area contributed by atoms with E-state index in [9.17, 15) is 27.3 Å². The van der Waals surface area contributed by atoms with E-state index >= 15 is 0 Å². The Kier molecular flexibility index (Phi) is 5.88. The van der Waals surface area contributed by atoms with Gasteiger partial charge in [-0.15, -0.1) is 0 Å². The second-order valence-corrected chi connectivity index (χ2v) is 8.73. The van der Waals surface area contributed by atoms with Gasteiger partial charge in [-0.25, -0.2) is 4.79 Å². The number of aliphatic hydroxyl groups is 1.